The quantitative estimate of drug-likeness (QED) is 0.857. The first-order valence-corrected chi connectivity index (χ1v) is 6.79. The highest BCUT2D eigenvalue weighted by atomic mass is 16.5. The fourth-order valence-electron chi connectivity index (χ4n) is 2.70. The van der Waals surface area contributed by atoms with Crippen LogP contribution in [-0.2, 0) is 10.3 Å². The van der Waals surface area contributed by atoms with Crippen molar-refractivity contribution in [1.82, 2.24) is 10.2 Å². The van der Waals surface area contributed by atoms with Crippen molar-refractivity contribution in [1.29, 1.82) is 0 Å². The number of urea groups is 1. The second kappa shape index (κ2) is 5.15. The van der Waals surface area contributed by atoms with E-state index >= 15 is 0 Å². The van der Waals surface area contributed by atoms with E-state index in [9.17, 15) is 9.59 Å². The average molecular weight is 276 g/mol. The maximum Gasteiger partial charge on any atom is 0.325 e. The summed E-state index contributed by atoms with van der Waals surface area (Å²) in [5, 5.41) is 2.85. The van der Waals surface area contributed by atoms with Gasteiger partial charge in [0.25, 0.3) is 5.91 Å². The number of amides is 3. The van der Waals surface area contributed by atoms with Gasteiger partial charge in [0.2, 0.25) is 0 Å². The van der Waals surface area contributed by atoms with Crippen LogP contribution in [0.2, 0.25) is 0 Å². The van der Waals surface area contributed by atoms with Gasteiger partial charge in [-0.1, -0.05) is 13.0 Å². The summed E-state index contributed by atoms with van der Waals surface area (Å²) in [5.41, 5.74) is 0.784. The van der Waals surface area contributed by atoms with Crippen molar-refractivity contribution >= 4 is 11.9 Å². The van der Waals surface area contributed by atoms with Gasteiger partial charge in [-0.25, -0.2) is 4.79 Å². The maximum absolute atomic E-state index is 12.6. The lowest BCUT2D eigenvalue weighted by Gasteiger charge is -2.26. The third-order valence-corrected chi connectivity index (χ3v) is 3.91. The van der Waals surface area contributed by atoms with E-state index in [1.165, 1.54) is 4.90 Å². The minimum Gasteiger partial charge on any atom is -0.496 e. The van der Waals surface area contributed by atoms with Crippen molar-refractivity contribution in [3.05, 3.63) is 29.3 Å². The number of hydrogen-bond donors (Lipinski definition) is 1. The monoisotopic (exact) mass is 276 g/mol. The zero-order valence-corrected chi connectivity index (χ0v) is 12.3. The maximum atomic E-state index is 12.6. The highest BCUT2D eigenvalue weighted by molar-refractivity contribution is 6.07. The summed E-state index contributed by atoms with van der Waals surface area (Å²) in [6, 6.07) is 5.25. The number of ether oxygens (including phenoxy) is 1. The van der Waals surface area contributed by atoms with E-state index in [1.807, 2.05) is 32.0 Å². The Kier molecular flexibility index (Phi) is 3.70. The Bertz CT molecular complexity index is 556. The summed E-state index contributed by atoms with van der Waals surface area (Å²) >= 11 is 0. The van der Waals surface area contributed by atoms with Crippen molar-refractivity contribution in [2.45, 2.75) is 32.7 Å². The number of nitrogens with one attached hydrogen (secondary N) is 1. The molecule has 2 rings (SSSR count). The van der Waals surface area contributed by atoms with Gasteiger partial charge in [0.05, 0.1) is 7.11 Å². The van der Waals surface area contributed by atoms with Gasteiger partial charge in [0.1, 0.15) is 11.3 Å². The smallest absolute Gasteiger partial charge is 0.325 e. The molecule has 0 radical (unpaired) electrons. The number of rotatable bonds is 4. The Balaban J connectivity index is 2.50. The van der Waals surface area contributed by atoms with Crippen LogP contribution in [0.4, 0.5) is 4.79 Å². The lowest BCUT2D eigenvalue weighted by molar-refractivity contribution is -0.131. The number of imide groups is 1. The van der Waals surface area contributed by atoms with E-state index in [4.69, 9.17) is 4.74 Å². The summed E-state index contributed by atoms with van der Waals surface area (Å²) in [7, 11) is 1.61. The largest absolute Gasteiger partial charge is 0.496 e. The fourth-order valence-corrected chi connectivity index (χ4v) is 2.70. The van der Waals surface area contributed by atoms with E-state index in [1.54, 1.807) is 14.0 Å². The predicted octanol–water partition coefficient (Wildman–Crippen LogP) is 2.18. The van der Waals surface area contributed by atoms with E-state index in [-0.39, 0.29) is 11.9 Å². The molecule has 0 aromatic heterocycles. The molecule has 1 atom stereocenters. The normalized spacial score (nSPS) is 22.1. The molecule has 1 fully saturated rings. The molecule has 1 unspecified atom stereocenters. The molecule has 1 aromatic carbocycles. The van der Waals surface area contributed by atoms with Gasteiger partial charge in [0, 0.05) is 6.54 Å². The van der Waals surface area contributed by atoms with Gasteiger partial charge in [0.15, 0.2) is 0 Å². The molecule has 5 nitrogen and oxygen atoms in total. The predicted molar refractivity (Wildman–Crippen MR) is 75.6 cm³/mol. The summed E-state index contributed by atoms with van der Waals surface area (Å²) < 4.78 is 5.24. The highest BCUT2D eigenvalue weighted by Crippen LogP contribution is 2.34. The van der Waals surface area contributed by atoms with Crippen molar-refractivity contribution < 1.29 is 14.3 Å². The summed E-state index contributed by atoms with van der Waals surface area (Å²) in [5.74, 6) is 0.584. The third-order valence-electron chi connectivity index (χ3n) is 3.91. The first kappa shape index (κ1) is 14.4. The molecule has 1 saturated heterocycles. The van der Waals surface area contributed by atoms with E-state index < -0.39 is 5.54 Å². The highest BCUT2D eigenvalue weighted by Gasteiger charge is 2.50. The lowest BCUT2D eigenvalue weighted by atomic mass is 9.86. The molecule has 1 heterocycles. The second-order valence-electron chi connectivity index (χ2n) is 4.92. The molecule has 20 heavy (non-hydrogen) atoms. The van der Waals surface area contributed by atoms with Crippen LogP contribution in [-0.4, -0.2) is 30.5 Å². The van der Waals surface area contributed by atoms with Crippen LogP contribution in [0.1, 0.15) is 31.4 Å². The van der Waals surface area contributed by atoms with Crippen LogP contribution in [0.25, 0.3) is 0 Å². The molecule has 1 aliphatic rings. The summed E-state index contributed by atoms with van der Waals surface area (Å²) in [4.78, 5) is 25.8. The van der Waals surface area contributed by atoms with Crippen LogP contribution >= 0.6 is 0 Å². The van der Waals surface area contributed by atoms with Gasteiger partial charge in [-0.3, -0.25) is 9.69 Å². The topological polar surface area (TPSA) is 58.6 Å². The molecule has 1 N–H and O–H groups in total. The van der Waals surface area contributed by atoms with Crippen molar-refractivity contribution in [3.63, 3.8) is 0 Å². The number of likely N-dealkylation sites (N-methyl/N-ethyl adjacent to an activating group) is 1. The summed E-state index contributed by atoms with van der Waals surface area (Å²) in [6.07, 6.45) is 0.514. The Morgan fingerprint density at radius 2 is 2.00 bits per heavy atom. The van der Waals surface area contributed by atoms with E-state index in [0.29, 0.717) is 13.0 Å². The number of carbonyl (C=O) groups excluding carboxylic acids is 2. The minimum atomic E-state index is -0.954. The van der Waals surface area contributed by atoms with Crippen LogP contribution in [0, 0.1) is 6.92 Å². The molecule has 0 spiro atoms. The molecule has 1 aromatic rings. The molecule has 0 aliphatic carbocycles. The Hall–Kier alpha value is -2.04. The average Bonchev–Trinajstić information content (AvgIpc) is 2.70. The number of nitrogens with zero attached hydrogens (tertiary/aromatic N) is 1. The fraction of sp³-hybridized carbons (Fsp3) is 0.467. The van der Waals surface area contributed by atoms with Crippen LogP contribution < -0.4 is 10.1 Å². The van der Waals surface area contributed by atoms with Crippen molar-refractivity contribution in [3.8, 4) is 5.75 Å². The van der Waals surface area contributed by atoms with Gasteiger partial charge >= 0.3 is 6.03 Å². The lowest BCUT2D eigenvalue weighted by Crippen LogP contribution is -2.43. The second-order valence-corrected chi connectivity index (χ2v) is 4.92. The number of hydrogen-bond acceptors (Lipinski definition) is 3. The number of aryl methyl sites for hydroxylation is 1. The molecule has 108 valence electrons. The van der Waals surface area contributed by atoms with E-state index in [2.05, 4.69) is 5.32 Å². The Labute approximate surface area is 118 Å². The third kappa shape index (κ3) is 1.94. The zero-order chi connectivity index (χ0) is 14.9. The van der Waals surface area contributed by atoms with E-state index in [0.717, 1.165) is 16.9 Å². The molecule has 0 bridgehead atoms. The molecule has 3 amide bonds. The summed E-state index contributed by atoms with van der Waals surface area (Å²) in [6.45, 7) is 5.99. The van der Waals surface area contributed by atoms with Crippen molar-refractivity contribution in [2.75, 3.05) is 13.7 Å². The Morgan fingerprint density at radius 1 is 1.30 bits per heavy atom. The SMILES string of the molecule is CCN1C(=O)NC(CC)(c2ccc(OC)c(C)c2)C1=O. The molecular weight excluding hydrogens is 256 g/mol. The van der Waals surface area contributed by atoms with Gasteiger partial charge in [-0.15, -0.1) is 0 Å². The van der Waals surface area contributed by atoms with Crippen LogP contribution in [0.3, 0.4) is 0 Å². The van der Waals surface area contributed by atoms with Gasteiger partial charge in [-0.05, 0) is 43.5 Å². The van der Waals surface area contributed by atoms with Gasteiger partial charge in [-0.2, -0.15) is 0 Å². The van der Waals surface area contributed by atoms with Crippen LogP contribution in [0.15, 0.2) is 18.2 Å². The number of benzene rings is 1. The zero-order valence-electron chi connectivity index (χ0n) is 12.3. The first-order valence-electron chi connectivity index (χ1n) is 6.79. The first-order chi connectivity index (χ1) is 9.50. The Morgan fingerprint density at radius 3 is 2.45 bits per heavy atom. The number of carbonyl (C=O) groups is 2. The van der Waals surface area contributed by atoms with Crippen molar-refractivity contribution in [2.24, 2.45) is 0 Å². The molecule has 0 saturated carbocycles. The molecule has 5 heteroatoms. The molecule has 1 aliphatic heterocycles. The van der Waals surface area contributed by atoms with Gasteiger partial charge < -0.3 is 10.1 Å². The standard InChI is InChI=1S/C15H20N2O3/c1-5-15(13(18)17(6-2)14(19)16-15)11-7-8-12(20-4)10(3)9-11/h7-9H,5-6H2,1-4H3,(H,16,19). The number of methoxy groups -OCH3 is 1. The van der Waals surface area contributed by atoms with Crippen LogP contribution in [0.5, 0.6) is 5.75 Å². The molecular formula is C15H20N2O3. The minimum absolute atomic E-state index is 0.183.